The predicted molar refractivity (Wildman–Crippen MR) is 92.4 cm³/mol. The number of H-pyrrole nitrogens is 1. The topological polar surface area (TPSA) is 117 Å². The van der Waals surface area contributed by atoms with Gasteiger partial charge in [-0.1, -0.05) is 39.5 Å². The summed E-state index contributed by atoms with van der Waals surface area (Å²) in [7, 11) is 0. The molecule has 1 aromatic rings. The number of rotatable bonds is 10. The number of amides is 1. The molecule has 0 aliphatic carbocycles. The number of hydrazone groups is 1. The molecular formula is C16H26N4O4. The molecule has 1 rings (SSSR count). The fourth-order valence-corrected chi connectivity index (χ4v) is 2.15. The second-order valence-corrected chi connectivity index (χ2v) is 5.61. The smallest absolute Gasteiger partial charge is 0.331 e. The van der Waals surface area contributed by atoms with Gasteiger partial charge in [0.15, 0.2) is 0 Å². The molecule has 0 atom stereocenters. The van der Waals surface area contributed by atoms with Crippen molar-refractivity contribution in [2.24, 2.45) is 5.10 Å². The maximum atomic E-state index is 11.8. The van der Waals surface area contributed by atoms with Gasteiger partial charge in [-0.25, -0.2) is 10.2 Å². The Morgan fingerprint density at radius 2 is 1.92 bits per heavy atom. The van der Waals surface area contributed by atoms with Gasteiger partial charge < -0.3 is 5.11 Å². The van der Waals surface area contributed by atoms with Crippen LogP contribution in [0.2, 0.25) is 0 Å². The van der Waals surface area contributed by atoms with Gasteiger partial charge >= 0.3 is 5.69 Å². The van der Waals surface area contributed by atoms with Gasteiger partial charge in [0.05, 0.1) is 6.21 Å². The first kappa shape index (κ1) is 19.7. The molecule has 8 heteroatoms. The lowest BCUT2D eigenvalue weighted by atomic mass is 10.1. The van der Waals surface area contributed by atoms with Crippen LogP contribution in [0.15, 0.2) is 14.7 Å². The van der Waals surface area contributed by atoms with Crippen molar-refractivity contribution in [3.63, 3.8) is 0 Å². The number of nitrogens with zero attached hydrogens (tertiary/aromatic N) is 2. The fraction of sp³-hybridized carbons (Fsp3) is 0.625. The number of nitrogens with one attached hydrogen (secondary N) is 2. The van der Waals surface area contributed by atoms with Crippen LogP contribution in [0, 0.1) is 0 Å². The minimum absolute atomic E-state index is 0.156. The summed E-state index contributed by atoms with van der Waals surface area (Å²) >= 11 is 0. The molecule has 0 aliphatic heterocycles. The number of unbranched alkanes of at least 4 members (excludes halogenated alkanes) is 4. The molecule has 1 heterocycles. The highest BCUT2D eigenvalue weighted by atomic mass is 16.3. The summed E-state index contributed by atoms with van der Waals surface area (Å²) in [5.41, 5.74) is 0.755. The van der Waals surface area contributed by atoms with Crippen molar-refractivity contribution in [1.29, 1.82) is 0 Å². The van der Waals surface area contributed by atoms with Gasteiger partial charge in [0, 0.05) is 13.0 Å². The average Bonchev–Trinajstić information content (AvgIpc) is 2.54. The molecule has 0 spiro atoms. The maximum Gasteiger partial charge on any atom is 0.331 e. The molecule has 0 unspecified atom stereocenters. The van der Waals surface area contributed by atoms with Crippen LogP contribution in [0.25, 0.3) is 0 Å². The van der Waals surface area contributed by atoms with E-state index in [1.54, 1.807) is 0 Å². The van der Waals surface area contributed by atoms with E-state index in [9.17, 15) is 19.5 Å². The van der Waals surface area contributed by atoms with Crippen LogP contribution < -0.4 is 16.7 Å². The molecular weight excluding hydrogens is 312 g/mol. The van der Waals surface area contributed by atoms with Crippen LogP contribution in [0.1, 0.15) is 64.4 Å². The van der Waals surface area contributed by atoms with Crippen molar-refractivity contribution >= 4 is 12.1 Å². The zero-order chi connectivity index (χ0) is 17.9. The highest BCUT2D eigenvalue weighted by Gasteiger charge is 2.12. The van der Waals surface area contributed by atoms with Gasteiger partial charge in [-0.05, 0) is 12.8 Å². The standard InChI is InChI=1S/C16H26N4O4/c1-3-5-7-8-9-13(21)19-17-11-12-14(22)18-16(24)20(15(12)23)10-6-4-2/h11,23H,3-10H2,1-2H3,(H,19,21)(H,18,22,24). The quantitative estimate of drug-likeness (QED) is 0.340. The Morgan fingerprint density at radius 1 is 1.21 bits per heavy atom. The van der Waals surface area contributed by atoms with Crippen LogP contribution in [-0.4, -0.2) is 26.8 Å². The molecule has 1 amide bonds. The number of carbonyl (C=O) groups is 1. The van der Waals surface area contributed by atoms with Crippen LogP contribution in [0.4, 0.5) is 0 Å². The second kappa shape index (κ2) is 10.4. The lowest BCUT2D eigenvalue weighted by Crippen LogP contribution is -2.32. The van der Waals surface area contributed by atoms with Gasteiger partial charge in [-0.2, -0.15) is 5.10 Å². The number of carbonyl (C=O) groups excluding carboxylic acids is 1. The molecule has 0 saturated heterocycles. The van der Waals surface area contributed by atoms with Crippen LogP contribution in [0.5, 0.6) is 5.88 Å². The van der Waals surface area contributed by atoms with Gasteiger partial charge in [0.2, 0.25) is 11.8 Å². The number of aromatic nitrogens is 2. The molecule has 0 radical (unpaired) electrons. The predicted octanol–water partition coefficient (Wildman–Crippen LogP) is 1.46. The molecule has 0 saturated carbocycles. The normalized spacial score (nSPS) is 11.1. The molecule has 134 valence electrons. The van der Waals surface area contributed by atoms with E-state index in [-0.39, 0.29) is 11.5 Å². The average molecular weight is 338 g/mol. The lowest BCUT2D eigenvalue weighted by Gasteiger charge is -2.08. The van der Waals surface area contributed by atoms with Crippen molar-refractivity contribution in [1.82, 2.24) is 15.0 Å². The third-order valence-corrected chi connectivity index (χ3v) is 3.58. The Kier molecular flexibility index (Phi) is 8.53. The maximum absolute atomic E-state index is 11.8. The first-order chi connectivity index (χ1) is 11.5. The van der Waals surface area contributed by atoms with E-state index in [0.29, 0.717) is 19.4 Å². The molecule has 0 aliphatic rings. The van der Waals surface area contributed by atoms with E-state index in [1.807, 2.05) is 6.92 Å². The van der Waals surface area contributed by atoms with Gasteiger partial charge in [0.1, 0.15) is 5.56 Å². The third-order valence-electron chi connectivity index (χ3n) is 3.58. The lowest BCUT2D eigenvalue weighted by molar-refractivity contribution is -0.121. The molecule has 0 bridgehead atoms. The first-order valence-corrected chi connectivity index (χ1v) is 8.39. The summed E-state index contributed by atoms with van der Waals surface area (Å²) in [5, 5.41) is 13.8. The SMILES string of the molecule is CCCCCCC(=O)NN=Cc1c(O)n(CCCC)c(=O)[nH]c1=O. The van der Waals surface area contributed by atoms with Crippen molar-refractivity contribution in [3.05, 3.63) is 26.4 Å². The second-order valence-electron chi connectivity index (χ2n) is 5.61. The van der Waals surface area contributed by atoms with Gasteiger partial charge in [0.25, 0.3) is 5.56 Å². The molecule has 8 nitrogen and oxygen atoms in total. The van der Waals surface area contributed by atoms with Gasteiger partial charge in [-0.3, -0.25) is 19.1 Å². The van der Waals surface area contributed by atoms with E-state index in [1.165, 1.54) is 0 Å². The molecule has 3 N–H and O–H groups in total. The minimum atomic E-state index is -0.744. The first-order valence-electron chi connectivity index (χ1n) is 8.39. The Hall–Kier alpha value is -2.38. The Labute approximate surface area is 140 Å². The van der Waals surface area contributed by atoms with Crippen molar-refractivity contribution in [2.45, 2.75) is 65.3 Å². The Bertz CT molecular complexity index is 676. The van der Waals surface area contributed by atoms with E-state index in [0.717, 1.165) is 42.9 Å². The molecule has 0 aromatic carbocycles. The zero-order valence-electron chi connectivity index (χ0n) is 14.3. The largest absolute Gasteiger partial charge is 0.494 e. The highest BCUT2D eigenvalue weighted by Crippen LogP contribution is 2.08. The summed E-state index contributed by atoms with van der Waals surface area (Å²) in [6, 6.07) is 0. The zero-order valence-corrected chi connectivity index (χ0v) is 14.3. The van der Waals surface area contributed by atoms with Crippen molar-refractivity contribution in [3.8, 4) is 5.88 Å². The van der Waals surface area contributed by atoms with Gasteiger partial charge in [-0.15, -0.1) is 0 Å². The Morgan fingerprint density at radius 3 is 2.58 bits per heavy atom. The number of hydrogen-bond acceptors (Lipinski definition) is 5. The Balaban J connectivity index is 2.74. The summed E-state index contributed by atoms with van der Waals surface area (Å²) < 4.78 is 1.08. The molecule has 1 aromatic heterocycles. The third kappa shape index (κ3) is 6.02. The number of hydrogen-bond donors (Lipinski definition) is 3. The minimum Gasteiger partial charge on any atom is -0.494 e. The fourth-order valence-electron chi connectivity index (χ4n) is 2.15. The van der Waals surface area contributed by atoms with E-state index in [4.69, 9.17) is 0 Å². The molecule has 24 heavy (non-hydrogen) atoms. The van der Waals surface area contributed by atoms with Crippen LogP contribution in [0.3, 0.4) is 0 Å². The van der Waals surface area contributed by atoms with E-state index < -0.39 is 17.1 Å². The van der Waals surface area contributed by atoms with E-state index >= 15 is 0 Å². The summed E-state index contributed by atoms with van der Waals surface area (Å²) in [4.78, 5) is 37.2. The van der Waals surface area contributed by atoms with Crippen LogP contribution >= 0.6 is 0 Å². The number of aromatic hydroxyl groups is 1. The summed E-state index contributed by atoms with van der Waals surface area (Å²) in [6.45, 7) is 4.34. The van der Waals surface area contributed by atoms with Crippen molar-refractivity contribution < 1.29 is 9.90 Å². The molecule has 0 fully saturated rings. The van der Waals surface area contributed by atoms with E-state index in [2.05, 4.69) is 22.4 Å². The summed E-state index contributed by atoms with van der Waals surface area (Å²) in [5.74, 6) is -0.698. The number of aromatic amines is 1. The van der Waals surface area contributed by atoms with Crippen molar-refractivity contribution in [2.75, 3.05) is 0 Å². The van der Waals surface area contributed by atoms with Crippen LogP contribution in [-0.2, 0) is 11.3 Å². The summed E-state index contributed by atoms with van der Waals surface area (Å²) in [6.07, 6.45) is 6.87. The highest BCUT2D eigenvalue weighted by molar-refractivity contribution is 5.83. The monoisotopic (exact) mass is 338 g/mol.